The van der Waals surface area contributed by atoms with Crippen LogP contribution in [-0.4, -0.2) is 21.6 Å². The molecule has 1 atom stereocenters. The molecular formula is C17H16BrN3O2. The SMILES string of the molecule is CC(Oc1ccccc1Br)C(=O)Nc1nc2ccccc2n1C. The standard InChI is InChI=1S/C17H16BrN3O2/c1-11(23-15-10-6-3-7-12(15)18)16(22)20-17-19-13-8-4-5-9-14(13)21(17)2/h3-11H,1-2H3,(H,19,20,22). The zero-order valence-electron chi connectivity index (χ0n) is 12.8. The van der Waals surface area contributed by atoms with E-state index in [9.17, 15) is 4.79 Å². The van der Waals surface area contributed by atoms with Crippen molar-refractivity contribution in [2.45, 2.75) is 13.0 Å². The number of para-hydroxylation sites is 3. The number of carbonyl (C=O) groups excluding carboxylic acids is 1. The third-order valence-corrected chi connectivity index (χ3v) is 4.19. The van der Waals surface area contributed by atoms with Crippen LogP contribution in [0.3, 0.4) is 0 Å². The van der Waals surface area contributed by atoms with Gasteiger partial charge in [0.1, 0.15) is 5.75 Å². The molecule has 3 rings (SSSR count). The Hall–Kier alpha value is -2.34. The Morgan fingerprint density at radius 1 is 1.22 bits per heavy atom. The average molecular weight is 374 g/mol. The second-order valence-electron chi connectivity index (χ2n) is 5.16. The van der Waals surface area contributed by atoms with Crippen LogP contribution in [0.25, 0.3) is 11.0 Å². The monoisotopic (exact) mass is 373 g/mol. The maximum absolute atomic E-state index is 12.4. The second kappa shape index (κ2) is 6.42. The molecule has 0 radical (unpaired) electrons. The Balaban J connectivity index is 1.75. The van der Waals surface area contributed by atoms with E-state index < -0.39 is 6.10 Å². The number of fused-ring (bicyclic) bond motifs is 1. The van der Waals surface area contributed by atoms with Crippen molar-refractivity contribution in [3.8, 4) is 5.75 Å². The highest BCUT2D eigenvalue weighted by Gasteiger charge is 2.18. The summed E-state index contributed by atoms with van der Waals surface area (Å²) in [6, 6.07) is 15.1. The quantitative estimate of drug-likeness (QED) is 0.757. The van der Waals surface area contributed by atoms with Crippen LogP contribution in [0.5, 0.6) is 5.75 Å². The van der Waals surface area contributed by atoms with Crippen molar-refractivity contribution >= 4 is 38.8 Å². The number of nitrogens with one attached hydrogen (secondary N) is 1. The molecule has 1 amide bonds. The van der Waals surface area contributed by atoms with Crippen molar-refractivity contribution in [3.63, 3.8) is 0 Å². The van der Waals surface area contributed by atoms with Crippen LogP contribution in [0.4, 0.5) is 5.95 Å². The fraction of sp³-hybridized carbons (Fsp3) is 0.176. The number of halogens is 1. The number of amides is 1. The first-order valence-electron chi connectivity index (χ1n) is 7.20. The van der Waals surface area contributed by atoms with Gasteiger partial charge in [-0.15, -0.1) is 0 Å². The number of anilines is 1. The molecule has 3 aromatic rings. The predicted molar refractivity (Wildman–Crippen MR) is 93.6 cm³/mol. The highest BCUT2D eigenvalue weighted by atomic mass is 79.9. The summed E-state index contributed by atoms with van der Waals surface area (Å²) in [7, 11) is 1.87. The minimum Gasteiger partial charge on any atom is -0.480 e. The van der Waals surface area contributed by atoms with E-state index >= 15 is 0 Å². The zero-order chi connectivity index (χ0) is 16.4. The van der Waals surface area contributed by atoms with Gasteiger partial charge in [-0.1, -0.05) is 24.3 Å². The largest absolute Gasteiger partial charge is 0.480 e. The normalized spacial score (nSPS) is 12.1. The number of hydrogen-bond donors (Lipinski definition) is 1. The molecule has 1 N–H and O–H groups in total. The topological polar surface area (TPSA) is 56.1 Å². The molecule has 0 bridgehead atoms. The van der Waals surface area contributed by atoms with Crippen molar-refractivity contribution in [1.29, 1.82) is 0 Å². The Bertz CT molecular complexity index is 860. The van der Waals surface area contributed by atoms with Crippen molar-refractivity contribution in [2.75, 3.05) is 5.32 Å². The minimum atomic E-state index is -0.645. The second-order valence-corrected chi connectivity index (χ2v) is 6.02. The van der Waals surface area contributed by atoms with Crippen LogP contribution in [0.1, 0.15) is 6.92 Å². The number of carbonyl (C=O) groups is 1. The fourth-order valence-electron chi connectivity index (χ4n) is 2.25. The molecule has 118 valence electrons. The van der Waals surface area contributed by atoms with Gasteiger partial charge in [0.25, 0.3) is 5.91 Å². The lowest BCUT2D eigenvalue weighted by Gasteiger charge is -2.15. The van der Waals surface area contributed by atoms with E-state index in [0.29, 0.717) is 11.7 Å². The Labute approximate surface area is 142 Å². The summed E-state index contributed by atoms with van der Waals surface area (Å²) < 4.78 is 8.35. The molecule has 0 saturated heterocycles. The average Bonchev–Trinajstić information content (AvgIpc) is 2.86. The molecule has 1 heterocycles. The third kappa shape index (κ3) is 3.22. The van der Waals surface area contributed by atoms with Gasteiger partial charge in [-0.2, -0.15) is 0 Å². The highest BCUT2D eigenvalue weighted by Crippen LogP contribution is 2.25. The molecule has 1 unspecified atom stereocenters. The Kier molecular flexibility index (Phi) is 4.34. The lowest BCUT2D eigenvalue weighted by Crippen LogP contribution is -2.31. The summed E-state index contributed by atoms with van der Waals surface area (Å²) in [5, 5.41) is 2.81. The van der Waals surface area contributed by atoms with Crippen LogP contribution in [-0.2, 0) is 11.8 Å². The van der Waals surface area contributed by atoms with Crippen molar-refractivity contribution in [1.82, 2.24) is 9.55 Å². The summed E-state index contributed by atoms with van der Waals surface area (Å²) in [4.78, 5) is 16.8. The minimum absolute atomic E-state index is 0.251. The summed E-state index contributed by atoms with van der Waals surface area (Å²) in [6.07, 6.45) is -0.645. The number of aryl methyl sites for hydroxylation is 1. The molecule has 2 aromatic carbocycles. The van der Waals surface area contributed by atoms with Crippen LogP contribution < -0.4 is 10.1 Å². The summed E-state index contributed by atoms with van der Waals surface area (Å²) in [5.41, 5.74) is 1.80. The van der Waals surface area contributed by atoms with Gasteiger partial charge in [0.2, 0.25) is 5.95 Å². The molecule has 0 aliphatic carbocycles. The van der Waals surface area contributed by atoms with Crippen molar-refractivity contribution in [3.05, 3.63) is 53.0 Å². The summed E-state index contributed by atoms with van der Waals surface area (Å²) in [6.45, 7) is 1.71. The van der Waals surface area contributed by atoms with Gasteiger partial charge in [0, 0.05) is 7.05 Å². The fourth-order valence-corrected chi connectivity index (χ4v) is 2.63. The molecule has 1 aromatic heterocycles. The maximum atomic E-state index is 12.4. The Morgan fingerprint density at radius 3 is 2.65 bits per heavy atom. The molecular weight excluding hydrogens is 358 g/mol. The van der Waals surface area contributed by atoms with Crippen molar-refractivity contribution < 1.29 is 9.53 Å². The van der Waals surface area contributed by atoms with E-state index in [1.165, 1.54) is 0 Å². The maximum Gasteiger partial charge on any atom is 0.267 e. The van der Waals surface area contributed by atoms with Gasteiger partial charge >= 0.3 is 0 Å². The molecule has 23 heavy (non-hydrogen) atoms. The first-order valence-corrected chi connectivity index (χ1v) is 7.99. The van der Waals surface area contributed by atoms with E-state index in [1.807, 2.05) is 60.1 Å². The van der Waals surface area contributed by atoms with Crippen LogP contribution in [0.2, 0.25) is 0 Å². The first-order chi connectivity index (χ1) is 11.1. The lowest BCUT2D eigenvalue weighted by atomic mass is 10.3. The molecule has 0 fully saturated rings. The van der Waals surface area contributed by atoms with E-state index in [1.54, 1.807) is 6.92 Å². The van der Waals surface area contributed by atoms with E-state index in [4.69, 9.17) is 4.74 Å². The van der Waals surface area contributed by atoms with Crippen LogP contribution >= 0.6 is 15.9 Å². The zero-order valence-corrected chi connectivity index (χ0v) is 14.4. The molecule has 0 spiro atoms. The van der Waals surface area contributed by atoms with E-state index in [2.05, 4.69) is 26.2 Å². The molecule has 6 heteroatoms. The molecule has 5 nitrogen and oxygen atoms in total. The van der Waals surface area contributed by atoms with Crippen LogP contribution in [0, 0.1) is 0 Å². The lowest BCUT2D eigenvalue weighted by molar-refractivity contribution is -0.122. The highest BCUT2D eigenvalue weighted by molar-refractivity contribution is 9.10. The number of imidazole rings is 1. The number of benzene rings is 2. The van der Waals surface area contributed by atoms with E-state index in [0.717, 1.165) is 15.5 Å². The van der Waals surface area contributed by atoms with E-state index in [-0.39, 0.29) is 5.91 Å². The summed E-state index contributed by atoms with van der Waals surface area (Å²) >= 11 is 3.40. The first kappa shape index (κ1) is 15.6. The molecule has 0 aliphatic heterocycles. The number of rotatable bonds is 4. The predicted octanol–water partition coefficient (Wildman–Crippen LogP) is 3.74. The third-order valence-electron chi connectivity index (χ3n) is 3.53. The van der Waals surface area contributed by atoms with Gasteiger partial charge in [0.05, 0.1) is 15.5 Å². The molecule has 0 aliphatic rings. The molecule has 0 saturated carbocycles. The van der Waals surface area contributed by atoms with Crippen molar-refractivity contribution in [2.24, 2.45) is 7.05 Å². The van der Waals surface area contributed by atoms with Gasteiger partial charge in [-0.25, -0.2) is 4.98 Å². The van der Waals surface area contributed by atoms with Gasteiger partial charge in [0.15, 0.2) is 6.10 Å². The number of ether oxygens (including phenoxy) is 1. The number of nitrogens with zero attached hydrogens (tertiary/aromatic N) is 2. The van der Waals surface area contributed by atoms with Gasteiger partial charge in [-0.3, -0.25) is 10.1 Å². The van der Waals surface area contributed by atoms with Crippen LogP contribution in [0.15, 0.2) is 53.0 Å². The number of aromatic nitrogens is 2. The van der Waals surface area contributed by atoms with Gasteiger partial charge < -0.3 is 9.30 Å². The smallest absolute Gasteiger partial charge is 0.267 e. The van der Waals surface area contributed by atoms with Gasteiger partial charge in [-0.05, 0) is 47.1 Å². The number of hydrogen-bond acceptors (Lipinski definition) is 3. The Morgan fingerprint density at radius 2 is 1.91 bits per heavy atom. The summed E-state index contributed by atoms with van der Waals surface area (Å²) in [5.74, 6) is 0.873.